The van der Waals surface area contributed by atoms with Crippen molar-refractivity contribution in [1.82, 2.24) is 9.97 Å². The van der Waals surface area contributed by atoms with Gasteiger partial charge in [0.15, 0.2) is 5.82 Å². The standard InChI is InChI=1S/C13H15N3S2/c1-3-8-4-5-11(18-8)13-15-10-7-17-6-9(10)12(14-2)16-13/h4-5H,3,6-7H2,1-2H3,(H,14,15,16). The Hall–Kier alpha value is -1.07. The number of nitrogens with one attached hydrogen (secondary N) is 1. The zero-order valence-electron chi connectivity index (χ0n) is 10.5. The van der Waals surface area contributed by atoms with Gasteiger partial charge in [0.25, 0.3) is 0 Å². The van der Waals surface area contributed by atoms with Crippen LogP contribution in [0, 0.1) is 0 Å². The van der Waals surface area contributed by atoms with Crippen LogP contribution in [0.15, 0.2) is 12.1 Å². The number of hydrogen-bond donors (Lipinski definition) is 1. The van der Waals surface area contributed by atoms with Crippen LogP contribution in [0.1, 0.15) is 23.1 Å². The highest BCUT2D eigenvalue weighted by molar-refractivity contribution is 7.98. The Balaban J connectivity index is 2.07. The summed E-state index contributed by atoms with van der Waals surface area (Å²) in [6.07, 6.45) is 1.07. The van der Waals surface area contributed by atoms with Gasteiger partial charge in [0.2, 0.25) is 0 Å². The second-order valence-electron chi connectivity index (χ2n) is 4.18. The normalized spacial score (nSPS) is 13.7. The van der Waals surface area contributed by atoms with Crippen molar-refractivity contribution >= 4 is 28.9 Å². The molecule has 0 aliphatic carbocycles. The minimum Gasteiger partial charge on any atom is -0.373 e. The molecule has 0 amide bonds. The number of hydrogen-bond acceptors (Lipinski definition) is 5. The van der Waals surface area contributed by atoms with Crippen LogP contribution in [-0.2, 0) is 17.9 Å². The molecular weight excluding hydrogens is 262 g/mol. The second-order valence-corrected chi connectivity index (χ2v) is 6.34. The summed E-state index contributed by atoms with van der Waals surface area (Å²) in [4.78, 5) is 11.9. The quantitative estimate of drug-likeness (QED) is 0.931. The Kier molecular flexibility index (Phi) is 3.26. The molecule has 3 nitrogen and oxygen atoms in total. The maximum absolute atomic E-state index is 4.72. The lowest BCUT2D eigenvalue weighted by Gasteiger charge is -2.07. The Labute approximate surface area is 115 Å². The SMILES string of the molecule is CCc1ccc(-c2nc3c(c(NC)n2)CSC3)s1. The van der Waals surface area contributed by atoms with Gasteiger partial charge in [0.05, 0.1) is 10.6 Å². The number of aryl methyl sites for hydroxylation is 1. The molecule has 18 heavy (non-hydrogen) atoms. The number of aromatic nitrogens is 2. The second kappa shape index (κ2) is 4.90. The fourth-order valence-electron chi connectivity index (χ4n) is 2.06. The van der Waals surface area contributed by atoms with Crippen LogP contribution in [0.5, 0.6) is 0 Å². The molecule has 0 radical (unpaired) electrons. The number of thiophene rings is 1. The first kappa shape index (κ1) is 12.0. The molecule has 0 bridgehead atoms. The van der Waals surface area contributed by atoms with Crippen molar-refractivity contribution in [3.05, 3.63) is 28.3 Å². The maximum atomic E-state index is 4.72. The molecule has 0 fully saturated rings. The number of fused-ring (bicyclic) bond motifs is 1. The van der Waals surface area contributed by atoms with Gasteiger partial charge in [0, 0.05) is 29.0 Å². The Bertz CT molecular complexity index is 578. The van der Waals surface area contributed by atoms with Crippen molar-refractivity contribution in [2.75, 3.05) is 12.4 Å². The number of anilines is 1. The van der Waals surface area contributed by atoms with Crippen LogP contribution in [0.25, 0.3) is 10.7 Å². The van der Waals surface area contributed by atoms with Crippen molar-refractivity contribution in [2.24, 2.45) is 0 Å². The van der Waals surface area contributed by atoms with E-state index in [0.717, 1.165) is 29.6 Å². The zero-order chi connectivity index (χ0) is 12.5. The third-order valence-corrected chi connectivity index (χ3v) is 5.24. The Morgan fingerprint density at radius 2 is 2.17 bits per heavy atom. The average molecular weight is 277 g/mol. The predicted octanol–water partition coefficient (Wildman–Crippen LogP) is 3.56. The topological polar surface area (TPSA) is 37.8 Å². The van der Waals surface area contributed by atoms with Crippen molar-refractivity contribution in [3.8, 4) is 10.7 Å². The van der Waals surface area contributed by atoms with Gasteiger partial charge in [0.1, 0.15) is 5.82 Å². The van der Waals surface area contributed by atoms with Gasteiger partial charge in [-0.25, -0.2) is 9.97 Å². The largest absolute Gasteiger partial charge is 0.373 e. The highest BCUT2D eigenvalue weighted by Gasteiger charge is 2.20. The van der Waals surface area contributed by atoms with Crippen LogP contribution >= 0.6 is 23.1 Å². The molecule has 1 aliphatic heterocycles. The van der Waals surface area contributed by atoms with Crippen molar-refractivity contribution in [1.29, 1.82) is 0 Å². The van der Waals surface area contributed by atoms with E-state index >= 15 is 0 Å². The Morgan fingerprint density at radius 3 is 2.89 bits per heavy atom. The molecule has 94 valence electrons. The van der Waals surface area contributed by atoms with E-state index in [9.17, 15) is 0 Å². The smallest absolute Gasteiger partial charge is 0.171 e. The predicted molar refractivity (Wildman–Crippen MR) is 79.3 cm³/mol. The molecule has 0 unspecified atom stereocenters. The molecule has 3 rings (SSSR count). The highest BCUT2D eigenvalue weighted by atomic mass is 32.2. The number of rotatable bonds is 3. The van der Waals surface area contributed by atoms with Crippen LogP contribution in [0.3, 0.4) is 0 Å². The van der Waals surface area contributed by atoms with E-state index in [4.69, 9.17) is 4.98 Å². The molecule has 1 N–H and O–H groups in total. The number of thioether (sulfide) groups is 1. The summed E-state index contributed by atoms with van der Waals surface area (Å²) in [7, 11) is 1.93. The lowest BCUT2D eigenvalue weighted by atomic mass is 10.2. The first-order valence-corrected chi connectivity index (χ1v) is 8.03. The van der Waals surface area contributed by atoms with Crippen LogP contribution in [0.2, 0.25) is 0 Å². The molecule has 2 aromatic heterocycles. The van der Waals surface area contributed by atoms with E-state index < -0.39 is 0 Å². The minimum atomic E-state index is 0.866. The van der Waals surface area contributed by atoms with E-state index in [-0.39, 0.29) is 0 Å². The van der Waals surface area contributed by atoms with E-state index in [2.05, 4.69) is 29.4 Å². The molecule has 5 heteroatoms. The summed E-state index contributed by atoms with van der Waals surface area (Å²) in [5, 5.41) is 3.20. The summed E-state index contributed by atoms with van der Waals surface area (Å²) >= 11 is 3.70. The lowest BCUT2D eigenvalue weighted by molar-refractivity contribution is 1.08. The maximum Gasteiger partial charge on any atom is 0.171 e. The van der Waals surface area contributed by atoms with Crippen LogP contribution in [0.4, 0.5) is 5.82 Å². The molecule has 0 saturated carbocycles. The Morgan fingerprint density at radius 1 is 1.28 bits per heavy atom. The molecular formula is C13H15N3S2. The summed E-state index contributed by atoms with van der Waals surface area (Å²) < 4.78 is 0. The summed E-state index contributed by atoms with van der Waals surface area (Å²) in [6.45, 7) is 2.18. The van der Waals surface area contributed by atoms with Gasteiger partial charge < -0.3 is 5.32 Å². The molecule has 0 atom stereocenters. The summed E-state index contributed by atoms with van der Waals surface area (Å²) in [6, 6.07) is 4.30. The van der Waals surface area contributed by atoms with Crippen molar-refractivity contribution in [3.63, 3.8) is 0 Å². The third-order valence-electron chi connectivity index (χ3n) is 3.05. The van der Waals surface area contributed by atoms with E-state index in [1.807, 2.05) is 18.8 Å². The van der Waals surface area contributed by atoms with E-state index in [1.54, 1.807) is 11.3 Å². The van der Waals surface area contributed by atoms with Crippen molar-refractivity contribution in [2.45, 2.75) is 24.9 Å². The first-order valence-electron chi connectivity index (χ1n) is 6.06. The number of nitrogens with zero attached hydrogens (tertiary/aromatic N) is 2. The van der Waals surface area contributed by atoms with Crippen LogP contribution < -0.4 is 5.32 Å². The fourth-order valence-corrected chi connectivity index (χ4v) is 3.98. The molecule has 0 aromatic carbocycles. The zero-order valence-corrected chi connectivity index (χ0v) is 12.1. The summed E-state index contributed by atoms with van der Waals surface area (Å²) in [5.74, 6) is 3.89. The van der Waals surface area contributed by atoms with Gasteiger partial charge >= 0.3 is 0 Å². The van der Waals surface area contributed by atoms with E-state index in [1.165, 1.54) is 21.0 Å². The molecule has 0 spiro atoms. The van der Waals surface area contributed by atoms with Gasteiger partial charge in [-0.3, -0.25) is 0 Å². The van der Waals surface area contributed by atoms with Crippen LogP contribution in [-0.4, -0.2) is 17.0 Å². The van der Waals surface area contributed by atoms with Gasteiger partial charge in [-0.2, -0.15) is 11.8 Å². The minimum absolute atomic E-state index is 0.866. The molecule has 2 aromatic rings. The monoisotopic (exact) mass is 277 g/mol. The summed E-state index contributed by atoms with van der Waals surface area (Å²) in [5.41, 5.74) is 2.47. The fraction of sp³-hybridized carbons (Fsp3) is 0.385. The highest BCUT2D eigenvalue weighted by Crippen LogP contribution is 2.35. The van der Waals surface area contributed by atoms with Gasteiger partial charge in [-0.05, 0) is 18.6 Å². The van der Waals surface area contributed by atoms with Crippen molar-refractivity contribution < 1.29 is 0 Å². The van der Waals surface area contributed by atoms with E-state index in [0.29, 0.717) is 0 Å². The third kappa shape index (κ3) is 2.01. The molecule has 1 aliphatic rings. The van der Waals surface area contributed by atoms with Gasteiger partial charge in [-0.1, -0.05) is 6.92 Å². The van der Waals surface area contributed by atoms with Gasteiger partial charge in [-0.15, -0.1) is 11.3 Å². The molecule has 3 heterocycles. The lowest BCUT2D eigenvalue weighted by Crippen LogP contribution is -2.02. The first-order chi connectivity index (χ1) is 8.81. The average Bonchev–Trinajstić information content (AvgIpc) is 3.05. The molecule has 0 saturated heterocycles.